The van der Waals surface area contributed by atoms with Crippen molar-refractivity contribution >= 4 is 5.97 Å². The van der Waals surface area contributed by atoms with Crippen molar-refractivity contribution in [3.05, 3.63) is 83.4 Å². The molecule has 3 nitrogen and oxygen atoms in total. The number of nitrogens with one attached hydrogen (secondary N) is 1. The van der Waals surface area contributed by atoms with E-state index in [-0.39, 0.29) is 29.3 Å². The number of benzene rings is 2. The van der Waals surface area contributed by atoms with Gasteiger partial charge in [-0.1, -0.05) is 92.6 Å². The van der Waals surface area contributed by atoms with E-state index in [1.54, 1.807) is 5.57 Å². The summed E-state index contributed by atoms with van der Waals surface area (Å²) in [7, 11) is 0. The summed E-state index contributed by atoms with van der Waals surface area (Å²) in [5.41, 5.74) is 4.45. The molecule has 0 bridgehead atoms. The first-order chi connectivity index (χ1) is 15.5. The van der Waals surface area contributed by atoms with Gasteiger partial charge >= 0.3 is 5.97 Å². The molecular formula is C29H36NO2+. The highest BCUT2D eigenvalue weighted by atomic mass is 16.6. The summed E-state index contributed by atoms with van der Waals surface area (Å²) in [6, 6.07) is 21.3. The average Bonchev–Trinajstić information content (AvgIpc) is 3.07. The minimum Gasteiger partial charge on any atom is -0.461 e. The second-order valence-corrected chi connectivity index (χ2v) is 10.6. The molecule has 168 valence electrons. The topological polar surface area (TPSA) is 30.7 Å². The Labute approximate surface area is 192 Å². The number of ether oxygens (including phenoxy) is 1. The van der Waals surface area contributed by atoms with Crippen molar-refractivity contribution in [3.63, 3.8) is 0 Å². The number of fused-ring (bicyclic) bond motifs is 2. The predicted octanol–water partition coefficient (Wildman–Crippen LogP) is 4.59. The Morgan fingerprint density at radius 1 is 1.00 bits per heavy atom. The van der Waals surface area contributed by atoms with Crippen molar-refractivity contribution in [2.75, 3.05) is 6.54 Å². The van der Waals surface area contributed by atoms with E-state index in [1.807, 2.05) is 0 Å². The Balaban J connectivity index is 1.40. The SMILES string of the molecule is C[C@@H]1CCC[C@]2(C)C[C@H]3OC(=O)[C@@H](C[NH+](Cc4ccccc4)Cc4ccccc4)[C@H]3C=C12. The molecule has 0 radical (unpaired) electrons. The standard InChI is InChI=1S/C29H35NO2/c1-21-10-9-15-29(2)17-27-24(16-26(21)29)25(28(31)32-27)20-30(18-22-11-5-3-6-12-22)19-23-13-7-4-8-14-23/h3-8,11-14,16,21,24-25,27H,9-10,15,17-20H2,1-2H3/p+1/t21-,24-,25+,27-,29-/m1/s1. The van der Waals surface area contributed by atoms with Crippen molar-refractivity contribution in [2.24, 2.45) is 23.2 Å². The van der Waals surface area contributed by atoms with Crippen molar-refractivity contribution in [1.82, 2.24) is 0 Å². The van der Waals surface area contributed by atoms with E-state index in [2.05, 4.69) is 80.6 Å². The summed E-state index contributed by atoms with van der Waals surface area (Å²) in [6.07, 6.45) is 7.34. The lowest BCUT2D eigenvalue weighted by Crippen LogP contribution is -3.10. The maximum Gasteiger partial charge on any atom is 0.315 e. The molecule has 2 aromatic rings. The van der Waals surface area contributed by atoms with Crippen LogP contribution in [0.5, 0.6) is 0 Å². The van der Waals surface area contributed by atoms with E-state index in [0.29, 0.717) is 5.92 Å². The van der Waals surface area contributed by atoms with Gasteiger partial charge in [-0.3, -0.25) is 4.79 Å². The van der Waals surface area contributed by atoms with Gasteiger partial charge in [-0.2, -0.15) is 0 Å². The molecule has 1 N–H and O–H groups in total. The van der Waals surface area contributed by atoms with Gasteiger partial charge in [0.25, 0.3) is 0 Å². The molecule has 32 heavy (non-hydrogen) atoms. The van der Waals surface area contributed by atoms with Crippen LogP contribution >= 0.6 is 0 Å². The van der Waals surface area contributed by atoms with Gasteiger partial charge in [-0.05, 0) is 30.6 Å². The summed E-state index contributed by atoms with van der Waals surface area (Å²) in [5.74, 6) is 0.829. The monoisotopic (exact) mass is 430 g/mol. The van der Waals surface area contributed by atoms with Crippen LogP contribution in [0.4, 0.5) is 0 Å². The molecule has 2 aromatic carbocycles. The predicted molar refractivity (Wildman–Crippen MR) is 127 cm³/mol. The lowest BCUT2D eigenvalue weighted by molar-refractivity contribution is -0.930. The highest BCUT2D eigenvalue weighted by molar-refractivity contribution is 5.76. The van der Waals surface area contributed by atoms with Crippen molar-refractivity contribution < 1.29 is 14.4 Å². The highest BCUT2D eigenvalue weighted by Crippen LogP contribution is 2.53. The largest absolute Gasteiger partial charge is 0.461 e. The second-order valence-electron chi connectivity index (χ2n) is 10.6. The third-order valence-corrected chi connectivity index (χ3v) is 8.18. The maximum atomic E-state index is 13.1. The van der Waals surface area contributed by atoms with Crippen molar-refractivity contribution in [3.8, 4) is 0 Å². The zero-order valence-electron chi connectivity index (χ0n) is 19.4. The molecule has 0 aromatic heterocycles. The first-order valence-electron chi connectivity index (χ1n) is 12.4. The number of quaternary nitrogens is 1. The number of carbonyl (C=O) groups is 1. The van der Waals surface area contributed by atoms with E-state index in [9.17, 15) is 4.79 Å². The van der Waals surface area contributed by atoms with E-state index >= 15 is 0 Å². The van der Waals surface area contributed by atoms with Crippen LogP contribution in [-0.4, -0.2) is 18.6 Å². The molecule has 1 heterocycles. The Bertz CT molecular complexity index is 928. The van der Waals surface area contributed by atoms with E-state index in [4.69, 9.17) is 4.74 Å². The van der Waals surface area contributed by atoms with Crippen LogP contribution in [0.3, 0.4) is 0 Å². The summed E-state index contributed by atoms with van der Waals surface area (Å²) in [4.78, 5) is 14.5. The lowest BCUT2D eigenvalue weighted by atomic mass is 9.59. The molecule has 5 rings (SSSR count). The molecular weight excluding hydrogens is 394 g/mol. The van der Waals surface area contributed by atoms with Gasteiger partial charge in [0.2, 0.25) is 0 Å². The molecule has 3 aliphatic rings. The fourth-order valence-electron chi connectivity index (χ4n) is 6.57. The molecule has 1 saturated carbocycles. The van der Waals surface area contributed by atoms with Crippen LogP contribution in [0.25, 0.3) is 0 Å². The molecule has 1 saturated heterocycles. The number of hydrogen-bond acceptors (Lipinski definition) is 2. The van der Waals surface area contributed by atoms with Crippen LogP contribution in [0.1, 0.15) is 50.7 Å². The van der Waals surface area contributed by atoms with E-state index in [1.165, 1.54) is 35.3 Å². The molecule has 2 aliphatic carbocycles. The minimum atomic E-state index is -0.0476. The fourth-order valence-corrected chi connectivity index (χ4v) is 6.57. The molecule has 0 spiro atoms. The van der Waals surface area contributed by atoms with Crippen LogP contribution in [0.2, 0.25) is 0 Å². The molecule has 5 atom stereocenters. The van der Waals surface area contributed by atoms with Gasteiger partial charge in [0, 0.05) is 17.0 Å². The fraction of sp³-hybridized carbons (Fsp3) is 0.483. The molecule has 0 amide bonds. The van der Waals surface area contributed by atoms with Crippen LogP contribution < -0.4 is 4.90 Å². The summed E-state index contributed by atoms with van der Waals surface area (Å²) < 4.78 is 6.03. The van der Waals surface area contributed by atoms with Crippen LogP contribution in [-0.2, 0) is 22.6 Å². The maximum absolute atomic E-state index is 13.1. The number of hydrogen-bond donors (Lipinski definition) is 1. The summed E-state index contributed by atoms with van der Waals surface area (Å²) >= 11 is 0. The first kappa shape index (κ1) is 21.5. The minimum absolute atomic E-state index is 0.0189. The van der Waals surface area contributed by atoms with E-state index < -0.39 is 0 Å². The Kier molecular flexibility index (Phi) is 5.94. The smallest absolute Gasteiger partial charge is 0.315 e. The van der Waals surface area contributed by atoms with Crippen LogP contribution in [0, 0.1) is 23.2 Å². The van der Waals surface area contributed by atoms with Crippen molar-refractivity contribution in [1.29, 1.82) is 0 Å². The number of carbonyl (C=O) groups excluding carboxylic acids is 1. The lowest BCUT2D eigenvalue weighted by Gasteiger charge is -2.46. The second kappa shape index (κ2) is 8.86. The Hall–Kier alpha value is -2.39. The Morgan fingerprint density at radius 3 is 2.25 bits per heavy atom. The summed E-state index contributed by atoms with van der Waals surface area (Å²) in [6.45, 7) is 7.43. The molecule has 3 heteroatoms. The molecule has 0 unspecified atom stereocenters. The van der Waals surface area contributed by atoms with Gasteiger partial charge in [0.05, 0.1) is 6.54 Å². The first-order valence-corrected chi connectivity index (χ1v) is 12.4. The number of esters is 1. The number of allylic oxidation sites excluding steroid dienone is 1. The zero-order chi connectivity index (χ0) is 22.1. The van der Waals surface area contributed by atoms with Gasteiger partial charge < -0.3 is 9.64 Å². The van der Waals surface area contributed by atoms with Gasteiger partial charge in [0.15, 0.2) is 0 Å². The quantitative estimate of drug-likeness (QED) is 0.537. The highest BCUT2D eigenvalue weighted by Gasteiger charge is 2.52. The molecule has 1 aliphatic heterocycles. The van der Waals surface area contributed by atoms with Crippen molar-refractivity contribution in [2.45, 2.75) is 58.7 Å². The number of rotatable bonds is 6. The normalized spacial score (nSPS) is 31.6. The zero-order valence-corrected chi connectivity index (χ0v) is 19.4. The van der Waals surface area contributed by atoms with Gasteiger partial charge in [0.1, 0.15) is 25.1 Å². The third-order valence-electron chi connectivity index (χ3n) is 8.18. The van der Waals surface area contributed by atoms with Crippen LogP contribution in [0.15, 0.2) is 72.3 Å². The molecule has 2 fully saturated rings. The average molecular weight is 431 g/mol. The van der Waals surface area contributed by atoms with Gasteiger partial charge in [-0.15, -0.1) is 0 Å². The van der Waals surface area contributed by atoms with Gasteiger partial charge in [-0.25, -0.2) is 0 Å². The third kappa shape index (κ3) is 4.28. The Morgan fingerprint density at radius 2 is 1.62 bits per heavy atom. The summed E-state index contributed by atoms with van der Waals surface area (Å²) in [5, 5.41) is 0. The van der Waals surface area contributed by atoms with E-state index in [0.717, 1.165) is 26.1 Å².